The second kappa shape index (κ2) is 8.01. The summed E-state index contributed by atoms with van der Waals surface area (Å²) in [7, 11) is 3.48. The summed E-state index contributed by atoms with van der Waals surface area (Å²) in [5.74, 6) is -0.282. The number of nitrogens with zero attached hydrogens (tertiary/aromatic N) is 1. The fourth-order valence-electron chi connectivity index (χ4n) is 3.45. The molecule has 7 heteroatoms. The summed E-state index contributed by atoms with van der Waals surface area (Å²) in [6, 6.07) is 6.17. The lowest BCUT2D eigenvalue weighted by molar-refractivity contribution is -0.159. The van der Waals surface area contributed by atoms with Crippen molar-refractivity contribution < 1.29 is 29.3 Å². The molecule has 7 nitrogen and oxygen atoms in total. The number of hydrogen-bond acceptors (Lipinski definition) is 5. The molecule has 0 saturated carbocycles. The van der Waals surface area contributed by atoms with Gasteiger partial charge in [0.05, 0.1) is 14.2 Å². The predicted octanol–water partition coefficient (Wildman–Crippen LogP) is 1.67. The Morgan fingerprint density at radius 1 is 1.08 bits per heavy atom. The highest BCUT2D eigenvalue weighted by Gasteiger charge is 2.36. The van der Waals surface area contributed by atoms with Gasteiger partial charge in [-0.25, -0.2) is 9.59 Å². The summed E-state index contributed by atoms with van der Waals surface area (Å²) in [6.07, 6.45) is 2.65. The number of piperidine rings is 3. The van der Waals surface area contributed by atoms with Crippen LogP contribution in [-0.2, 0) is 9.59 Å². The molecular formula is C17H23NO6. The van der Waals surface area contributed by atoms with E-state index in [1.807, 2.05) is 12.1 Å². The zero-order valence-electron chi connectivity index (χ0n) is 13.9. The van der Waals surface area contributed by atoms with E-state index >= 15 is 0 Å². The zero-order chi connectivity index (χ0) is 17.7. The maximum Gasteiger partial charge on any atom is 0.414 e. The van der Waals surface area contributed by atoms with Crippen molar-refractivity contribution in [2.24, 2.45) is 5.92 Å². The molecule has 2 bridgehead atoms. The minimum absolute atomic E-state index is 0.609. The molecule has 1 unspecified atom stereocenters. The largest absolute Gasteiger partial charge is 0.497 e. The second-order valence-corrected chi connectivity index (χ2v) is 5.96. The van der Waals surface area contributed by atoms with Crippen LogP contribution in [-0.4, -0.2) is 60.9 Å². The first-order valence-electron chi connectivity index (χ1n) is 7.86. The molecule has 0 spiro atoms. The number of rotatable bonds is 3. The van der Waals surface area contributed by atoms with Crippen LogP contribution in [0.15, 0.2) is 18.2 Å². The Kier molecular flexibility index (Phi) is 6.03. The highest BCUT2D eigenvalue weighted by Crippen LogP contribution is 2.43. The Morgan fingerprint density at radius 3 is 2.12 bits per heavy atom. The highest BCUT2D eigenvalue weighted by atomic mass is 16.5. The van der Waals surface area contributed by atoms with Gasteiger partial charge in [0.15, 0.2) is 0 Å². The van der Waals surface area contributed by atoms with Crippen molar-refractivity contribution in [1.82, 2.24) is 4.90 Å². The SMILES string of the molecule is COc1ccc(OC)c(C2CN3CCC2CC3)c1.O=C(O)C(=O)O. The monoisotopic (exact) mass is 337 g/mol. The molecule has 0 aliphatic carbocycles. The Hall–Kier alpha value is -2.28. The first-order valence-corrected chi connectivity index (χ1v) is 7.86. The van der Waals surface area contributed by atoms with Crippen LogP contribution in [0.2, 0.25) is 0 Å². The van der Waals surface area contributed by atoms with Crippen LogP contribution < -0.4 is 9.47 Å². The van der Waals surface area contributed by atoms with Crippen molar-refractivity contribution in [2.75, 3.05) is 33.9 Å². The summed E-state index contributed by atoms with van der Waals surface area (Å²) in [5, 5.41) is 14.8. The Bertz CT molecular complexity index is 583. The highest BCUT2D eigenvalue weighted by molar-refractivity contribution is 6.27. The number of benzene rings is 1. The van der Waals surface area contributed by atoms with Crippen molar-refractivity contribution in [2.45, 2.75) is 18.8 Å². The lowest BCUT2D eigenvalue weighted by Gasteiger charge is -2.45. The fraction of sp³-hybridized carbons (Fsp3) is 0.529. The van der Waals surface area contributed by atoms with Gasteiger partial charge in [0.1, 0.15) is 11.5 Å². The van der Waals surface area contributed by atoms with E-state index in [2.05, 4.69) is 11.0 Å². The minimum Gasteiger partial charge on any atom is -0.497 e. The molecule has 3 fully saturated rings. The molecule has 0 aromatic heterocycles. The van der Waals surface area contributed by atoms with Gasteiger partial charge in [0, 0.05) is 18.0 Å². The van der Waals surface area contributed by atoms with Gasteiger partial charge in [0.25, 0.3) is 0 Å². The Balaban J connectivity index is 0.000000301. The number of carboxylic acids is 2. The van der Waals surface area contributed by atoms with Crippen LogP contribution in [0.5, 0.6) is 11.5 Å². The van der Waals surface area contributed by atoms with Crippen molar-refractivity contribution in [3.63, 3.8) is 0 Å². The third-order valence-electron chi connectivity index (χ3n) is 4.68. The van der Waals surface area contributed by atoms with Crippen LogP contribution >= 0.6 is 0 Å². The summed E-state index contributed by atoms with van der Waals surface area (Å²) >= 11 is 0. The molecule has 132 valence electrons. The summed E-state index contributed by atoms with van der Waals surface area (Å²) < 4.78 is 10.9. The molecule has 4 rings (SSSR count). The van der Waals surface area contributed by atoms with E-state index < -0.39 is 11.9 Å². The number of ether oxygens (including phenoxy) is 2. The molecule has 0 radical (unpaired) electrons. The van der Waals surface area contributed by atoms with Gasteiger partial charge in [-0.05, 0) is 50.0 Å². The zero-order valence-corrected chi connectivity index (χ0v) is 13.9. The van der Waals surface area contributed by atoms with Crippen molar-refractivity contribution >= 4 is 11.9 Å². The van der Waals surface area contributed by atoms with Gasteiger partial charge in [-0.1, -0.05) is 0 Å². The smallest absolute Gasteiger partial charge is 0.414 e. The van der Waals surface area contributed by atoms with Gasteiger partial charge in [0.2, 0.25) is 0 Å². The van der Waals surface area contributed by atoms with E-state index in [4.69, 9.17) is 29.3 Å². The third kappa shape index (κ3) is 4.17. The molecule has 1 aromatic rings. The van der Waals surface area contributed by atoms with Crippen LogP contribution in [0.3, 0.4) is 0 Å². The number of carbonyl (C=O) groups is 2. The second-order valence-electron chi connectivity index (χ2n) is 5.96. The predicted molar refractivity (Wildman–Crippen MR) is 86.7 cm³/mol. The average Bonchev–Trinajstić information content (AvgIpc) is 2.62. The molecule has 2 N–H and O–H groups in total. The summed E-state index contributed by atoms with van der Waals surface area (Å²) in [4.78, 5) is 20.8. The summed E-state index contributed by atoms with van der Waals surface area (Å²) in [5.41, 5.74) is 1.33. The lowest BCUT2D eigenvalue weighted by Crippen LogP contribution is -2.46. The first-order chi connectivity index (χ1) is 11.5. The maximum atomic E-state index is 9.10. The van der Waals surface area contributed by atoms with Gasteiger partial charge in [-0.2, -0.15) is 0 Å². The number of aliphatic carboxylic acids is 2. The van der Waals surface area contributed by atoms with E-state index in [9.17, 15) is 0 Å². The van der Waals surface area contributed by atoms with E-state index in [0.29, 0.717) is 5.92 Å². The van der Waals surface area contributed by atoms with Gasteiger partial charge in [-0.3, -0.25) is 0 Å². The van der Waals surface area contributed by atoms with Crippen LogP contribution in [0.4, 0.5) is 0 Å². The Morgan fingerprint density at radius 2 is 1.71 bits per heavy atom. The van der Waals surface area contributed by atoms with Gasteiger partial charge < -0.3 is 24.6 Å². The molecule has 24 heavy (non-hydrogen) atoms. The molecule has 3 heterocycles. The van der Waals surface area contributed by atoms with Gasteiger partial charge in [-0.15, -0.1) is 0 Å². The lowest BCUT2D eigenvalue weighted by atomic mass is 9.75. The molecule has 1 aromatic carbocycles. The summed E-state index contributed by atoms with van der Waals surface area (Å²) in [6.45, 7) is 3.72. The molecule has 0 amide bonds. The van der Waals surface area contributed by atoms with Crippen LogP contribution in [0, 0.1) is 5.92 Å². The van der Waals surface area contributed by atoms with E-state index in [1.165, 1.54) is 38.0 Å². The maximum absolute atomic E-state index is 9.10. The number of hydrogen-bond donors (Lipinski definition) is 2. The standard InChI is InChI=1S/C15H21NO2.C2H2O4/c1-17-12-3-4-15(18-2)13(9-12)14-10-16-7-5-11(14)6-8-16;3-1(4)2(5)6/h3-4,9,11,14H,5-8,10H2,1-2H3;(H,3,4)(H,5,6). The third-order valence-corrected chi connectivity index (χ3v) is 4.68. The normalized spacial score (nSPS) is 24.5. The molecular weight excluding hydrogens is 314 g/mol. The molecule has 3 saturated heterocycles. The topological polar surface area (TPSA) is 96.3 Å². The van der Waals surface area contributed by atoms with Crippen LogP contribution in [0.1, 0.15) is 24.3 Å². The van der Waals surface area contributed by atoms with Crippen molar-refractivity contribution in [3.05, 3.63) is 23.8 Å². The minimum atomic E-state index is -1.82. The molecule has 3 aliphatic rings. The number of fused-ring (bicyclic) bond motifs is 3. The van der Waals surface area contributed by atoms with Gasteiger partial charge >= 0.3 is 11.9 Å². The number of carboxylic acid groups (broad SMARTS) is 2. The van der Waals surface area contributed by atoms with E-state index in [0.717, 1.165) is 17.4 Å². The van der Waals surface area contributed by atoms with E-state index in [-0.39, 0.29) is 0 Å². The quantitative estimate of drug-likeness (QED) is 0.810. The Labute approximate surface area is 140 Å². The number of methoxy groups -OCH3 is 2. The fourth-order valence-corrected chi connectivity index (χ4v) is 3.45. The molecule has 1 atom stereocenters. The average molecular weight is 337 g/mol. The van der Waals surface area contributed by atoms with E-state index in [1.54, 1.807) is 14.2 Å². The first kappa shape index (κ1) is 18.1. The molecule has 3 aliphatic heterocycles. The van der Waals surface area contributed by atoms with Crippen molar-refractivity contribution in [3.8, 4) is 11.5 Å². The van der Waals surface area contributed by atoms with Crippen LogP contribution in [0.25, 0.3) is 0 Å². The van der Waals surface area contributed by atoms with Crippen molar-refractivity contribution in [1.29, 1.82) is 0 Å².